The Balaban J connectivity index is 2.13. The molecule has 0 amide bonds. The first-order valence-electron chi connectivity index (χ1n) is 4.24. The van der Waals surface area contributed by atoms with Crippen molar-refractivity contribution in [1.29, 1.82) is 0 Å². The summed E-state index contributed by atoms with van der Waals surface area (Å²) in [6.45, 7) is 3.52. The third-order valence-electron chi connectivity index (χ3n) is 2.78. The van der Waals surface area contributed by atoms with Gasteiger partial charge in [0.25, 0.3) is 0 Å². The van der Waals surface area contributed by atoms with Crippen molar-refractivity contribution < 1.29 is 4.39 Å². The maximum atomic E-state index is 13.9. The number of fused-ring (bicyclic) bond motifs is 1. The van der Waals surface area contributed by atoms with E-state index in [1.165, 1.54) is 0 Å². The zero-order valence-corrected chi connectivity index (χ0v) is 7.10. The molecule has 2 aliphatic heterocycles. The number of nitrogens with zero attached hydrogens (tertiary/aromatic N) is 1. The number of rotatable bonds is 0. The summed E-state index contributed by atoms with van der Waals surface area (Å²) >= 11 is 0. The van der Waals surface area contributed by atoms with Crippen molar-refractivity contribution in [3.05, 3.63) is 0 Å². The minimum Gasteiger partial charge on any atom is -0.307 e. The Morgan fingerprint density at radius 2 is 2.36 bits per heavy atom. The molecule has 2 rings (SSSR count). The fraction of sp³-hybridized carbons (Fsp3) is 1.00. The SMILES string of the molecule is CC1CC2(F)CN(C)CC2N1. The zero-order chi connectivity index (χ0) is 8.06. The van der Waals surface area contributed by atoms with Gasteiger partial charge in [-0.1, -0.05) is 0 Å². The lowest BCUT2D eigenvalue weighted by Gasteiger charge is -2.16. The van der Waals surface area contributed by atoms with Crippen LogP contribution in [-0.2, 0) is 0 Å². The van der Waals surface area contributed by atoms with E-state index in [0.29, 0.717) is 19.0 Å². The van der Waals surface area contributed by atoms with Gasteiger partial charge in [0, 0.05) is 19.1 Å². The zero-order valence-electron chi connectivity index (χ0n) is 7.10. The van der Waals surface area contributed by atoms with Gasteiger partial charge < -0.3 is 10.2 Å². The molecular weight excluding hydrogens is 143 g/mol. The fourth-order valence-electron chi connectivity index (χ4n) is 2.42. The Kier molecular flexibility index (Phi) is 1.48. The van der Waals surface area contributed by atoms with E-state index in [2.05, 4.69) is 17.1 Å². The average molecular weight is 158 g/mol. The van der Waals surface area contributed by atoms with E-state index in [4.69, 9.17) is 0 Å². The lowest BCUT2D eigenvalue weighted by atomic mass is 9.99. The van der Waals surface area contributed by atoms with E-state index in [1.54, 1.807) is 0 Å². The fourth-order valence-corrected chi connectivity index (χ4v) is 2.42. The molecule has 11 heavy (non-hydrogen) atoms. The minimum absolute atomic E-state index is 0.0856. The molecule has 0 aliphatic carbocycles. The quantitative estimate of drug-likeness (QED) is 0.548. The lowest BCUT2D eigenvalue weighted by molar-refractivity contribution is 0.169. The van der Waals surface area contributed by atoms with Crippen molar-refractivity contribution in [3.63, 3.8) is 0 Å². The Morgan fingerprint density at radius 1 is 1.64 bits per heavy atom. The number of likely N-dealkylation sites (tertiary alicyclic amines) is 1. The number of halogens is 1. The van der Waals surface area contributed by atoms with E-state index in [1.807, 2.05) is 7.05 Å². The largest absolute Gasteiger partial charge is 0.307 e. The topological polar surface area (TPSA) is 15.3 Å². The Hall–Kier alpha value is -0.150. The third-order valence-corrected chi connectivity index (χ3v) is 2.78. The Labute approximate surface area is 66.8 Å². The molecule has 2 saturated heterocycles. The number of hydrogen-bond donors (Lipinski definition) is 1. The normalized spacial score (nSPS) is 51.5. The van der Waals surface area contributed by atoms with E-state index in [9.17, 15) is 4.39 Å². The van der Waals surface area contributed by atoms with Crippen molar-refractivity contribution in [2.45, 2.75) is 31.1 Å². The Morgan fingerprint density at radius 3 is 3.00 bits per heavy atom. The molecule has 0 spiro atoms. The Bertz CT molecular complexity index is 157. The van der Waals surface area contributed by atoms with Gasteiger partial charge in [0.05, 0.1) is 6.04 Å². The van der Waals surface area contributed by atoms with Crippen molar-refractivity contribution in [2.24, 2.45) is 0 Å². The molecule has 0 aromatic carbocycles. The molecule has 0 aromatic rings. The summed E-state index contributed by atoms with van der Waals surface area (Å²) < 4.78 is 13.9. The highest BCUT2D eigenvalue weighted by molar-refractivity contribution is 5.08. The second-order valence-corrected chi connectivity index (χ2v) is 4.06. The molecule has 64 valence electrons. The minimum atomic E-state index is -0.936. The van der Waals surface area contributed by atoms with Crippen LogP contribution in [0.2, 0.25) is 0 Å². The van der Waals surface area contributed by atoms with E-state index < -0.39 is 5.67 Å². The first kappa shape index (κ1) is 7.50. The average Bonchev–Trinajstić information content (AvgIpc) is 2.16. The number of hydrogen-bond acceptors (Lipinski definition) is 2. The third kappa shape index (κ3) is 1.07. The van der Waals surface area contributed by atoms with Crippen LogP contribution in [-0.4, -0.2) is 42.8 Å². The summed E-state index contributed by atoms with van der Waals surface area (Å²) in [6.07, 6.45) is 0.683. The summed E-state index contributed by atoms with van der Waals surface area (Å²) in [5.41, 5.74) is -0.936. The van der Waals surface area contributed by atoms with Crippen LogP contribution in [0.1, 0.15) is 13.3 Å². The number of alkyl halides is 1. The van der Waals surface area contributed by atoms with Crippen LogP contribution in [0.15, 0.2) is 0 Å². The predicted octanol–water partition coefficient (Wildman–Crippen LogP) is 0.391. The van der Waals surface area contributed by atoms with Crippen molar-refractivity contribution in [3.8, 4) is 0 Å². The molecule has 2 nitrogen and oxygen atoms in total. The van der Waals surface area contributed by atoms with Crippen molar-refractivity contribution in [1.82, 2.24) is 10.2 Å². The van der Waals surface area contributed by atoms with Crippen LogP contribution in [0.4, 0.5) is 4.39 Å². The molecule has 0 saturated carbocycles. The molecule has 0 bridgehead atoms. The molecule has 0 radical (unpaired) electrons. The summed E-state index contributed by atoms with van der Waals surface area (Å²) in [6, 6.07) is 0.446. The molecule has 2 fully saturated rings. The highest BCUT2D eigenvalue weighted by Gasteiger charge is 2.51. The second kappa shape index (κ2) is 2.17. The second-order valence-electron chi connectivity index (χ2n) is 4.06. The summed E-state index contributed by atoms with van der Waals surface area (Å²) in [5.74, 6) is 0. The molecule has 0 aromatic heterocycles. The van der Waals surface area contributed by atoms with Gasteiger partial charge >= 0.3 is 0 Å². The van der Waals surface area contributed by atoms with Gasteiger partial charge in [-0.2, -0.15) is 0 Å². The highest BCUT2D eigenvalue weighted by Crippen LogP contribution is 2.34. The molecular formula is C8H15FN2. The van der Waals surface area contributed by atoms with Gasteiger partial charge in [-0.3, -0.25) is 0 Å². The van der Waals surface area contributed by atoms with Crippen LogP contribution in [0.25, 0.3) is 0 Å². The maximum absolute atomic E-state index is 13.9. The standard InChI is InChI=1S/C8H15FN2/c1-6-3-8(9)5-11(2)4-7(8)10-6/h6-7,10H,3-5H2,1-2H3. The summed E-state index contributed by atoms with van der Waals surface area (Å²) in [4.78, 5) is 2.06. The van der Waals surface area contributed by atoms with E-state index in [-0.39, 0.29) is 6.04 Å². The van der Waals surface area contributed by atoms with Crippen LogP contribution in [0.5, 0.6) is 0 Å². The molecule has 2 aliphatic rings. The molecule has 3 heteroatoms. The maximum Gasteiger partial charge on any atom is 0.141 e. The van der Waals surface area contributed by atoms with Gasteiger partial charge in [0.15, 0.2) is 0 Å². The predicted molar refractivity (Wildman–Crippen MR) is 42.3 cm³/mol. The van der Waals surface area contributed by atoms with Gasteiger partial charge in [-0.05, 0) is 20.4 Å². The highest BCUT2D eigenvalue weighted by atomic mass is 19.1. The van der Waals surface area contributed by atoms with Gasteiger partial charge in [-0.25, -0.2) is 4.39 Å². The van der Waals surface area contributed by atoms with Crippen molar-refractivity contribution in [2.75, 3.05) is 20.1 Å². The van der Waals surface area contributed by atoms with E-state index in [0.717, 1.165) is 6.54 Å². The number of likely N-dealkylation sites (N-methyl/N-ethyl adjacent to an activating group) is 1. The van der Waals surface area contributed by atoms with Gasteiger partial charge in [-0.15, -0.1) is 0 Å². The van der Waals surface area contributed by atoms with Gasteiger partial charge in [0.1, 0.15) is 5.67 Å². The smallest absolute Gasteiger partial charge is 0.141 e. The number of nitrogens with one attached hydrogen (secondary N) is 1. The molecule has 3 unspecified atom stereocenters. The summed E-state index contributed by atoms with van der Waals surface area (Å²) in [5, 5.41) is 3.27. The van der Waals surface area contributed by atoms with Crippen LogP contribution >= 0.6 is 0 Å². The summed E-state index contributed by atoms with van der Waals surface area (Å²) in [7, 11) is 1.98. The molecule has 3 atom stereocenters. The first-order chi connectivity index (χ1) is 5.10. The van der Waals surface area contributed by atoms with Crippen LogP contribution in [0, 0.1) is 0 Å². The van der Waals surface area contributed by atoms with E-state index >= 15 is 0 Å². The molecule has 2 heterocycles. The lowest BCUT2D eigenvalue weighted by Crippen LogP contribution is -2.37. The monoisotopic (exact) mass is 158 g/mol. The first-order valence-corrected chi connectivity index (χ1v) is 4.24. The van der Waals surface area contributed by atoms with Crippen LogP contribution < -0.4 is 5.32 Å². The molecule has 1 N–H and O–H groups in total. The van der Waals surface area contributed by atoms with Gasteiger partial charge in [0.2, 0.25) is 0 Å². The van der Waals surface area contributed by atoms with Crippen molar-refractivity contribution >= 4 is 0 Å². The van der Waals surface area contributed by atoms with Crippen LogP contribution in [0.3, 0.4) is 0 Å².